The first-order valence-electron chi connectivity index (χ1n) is 7.51. The largest absolute Gasteiger partial charge is 0.296 e. The molecule has 0 spiro atoms. The molecule has 0 fully saturated rings. The second-order valence-electron chi connectivity index (χ2n) is 5.49. The van der Waals surface area contributed by atoms with Gasteiger partial charge >= 0.3 is 0 Å². The summed E-state index contributed by atoms with van der Waals surface area (Å²) >= 11 is 1.17. The molecule has 3 aromatic heterocycles. The number of hydrogen-bond acceptors (Lipinski definition) is 9. The van der Waals surface area contributed by atoms with E-state index in [1.54, 1.807) is 12.1 Å². The van der Waals surface area contributed by atoms with E-state index >= 15 is 0 Å². The highest BCUT2D eigenvalue weighted by Gasteiger charge is 2.14. The number of hydrogen-bond donors (Lipinski definition) is 1. The number of carbonyl (C=O) groups is 1. The maximum atomic E-state index is 12.3. The summed E-state index contributed by atoms with van der Waals surface area (Å²) in [6, 6.07) is 7.72. The van der Waals surface area contributed by atoms with Gasteiger partial charge in [-0.25, -0.2) is 23.1 Å². The number of fused-ring (bicyclic) bond motifs is 1. The lowest BCUT2D eigenvalue weighted by atomic mass is 10.3. The first-order chi connectivity index (χ1) is 12.9. The van der Waals surface area contributed by atoms with Crippen molar-refractivity contribution in [2.24, 2.45) is 0 Å². The zero-order chi connectivity index (χ0) is 19.0. The lowest BCUT2D eigenvalue weighted by Crippen LogP contribution is -2.14. The van der Waals surface area contributed by atoms with E-state index in [-0.39, 0.29) is 10.6 Å². The Kier molecular flexibility index (Phi) is 4.12. The van der Waals surface area contributed by atoms with Crippen LogP contribution in [0.5, 0.6) is 0 Å². The zero-order valence-electron chi connectivity index (χ0n) is 13.8. The molecule has 0 bridgehead atoms. The smallest absolute Gasteiger partial charge is 0.277 e. The second-order valence-corrected chi connectivity index (χ2v) is 8.54. The monoisotopic (exact) mass is 401 g/mol. The quantitative estimate of drug-likeness (QED) is 0.541. The van der Waals surface area contributed by atoms with Gasteiger partial charge in [-0.15, -0.1) is 10.2 Å². The normalized spacial score (nSPS) is 11.6. The first kappa shape index (κ1) is 17.2. The van der Waals surface area contributed by atoms with Crippen LogP contribution in [0.3, 0.4) is 0 Å². The number of carbonyl (C=O) groups excluding carboxylic acids is 1. The standard InChI is InChI=1S/C15H11N7O3S2/c1-27(24,25)9-2-3-10-12(6-9)26-15(18-10)19-14(23)11-4-5-13(21-20-11)22-8-16-7-17-22/h2-8H,1H3,(H,18,19,23). The Morgan fingerprint density at radius 1 is 1.19 bits per heavy atom. The number of anilines is 1. The van der Waals surface area contributed by atoms with Gasteiger partial charge in [0.1, 0.15) is 12.7 Å². The van der Waals surface area contributed by atoms with Crippen LogP contribution in [0.25, 0.3) is 16.0 Å². The third kappa shape index (κ3) is 3.52. The van der Waals surface area contributed by atoms with E-state index < -0.39 is 15.7 Å². The van der Waals surface area contributed by atoms with Crippen LogP contribution in [0.2, 0.25) is 0 Å². The van der Waals surface area contributed by atoms with Crippen molar-refractivity contribution in [3.8, 4) is 5.82 Å². The van der Waals surface area contributed by atoms with E-state index in [1.165, 1.54) is 46.9 Å². The molecule has 3 heterocycles. The van der Waals surface area contributed by atoms with E-state index in [0.717, 1.165) is 6.26 Å². The van der Waals surface area contributed by atoms with Crippen molar-refractivity contribution in [1.29, 1.82) is 0 Å². The fraction of sp³-hybridized carbons (Fsp3) is 0.0667. The number of amides is 1. The van der Waals surface area contributed by atoms with Gasteiger partial charge in [-0.05, 0) is 30.3 Å². The Morgan fingerprint density at radius 3 is 2.70 bits per heavy atom. The highest BCUT2D eigenvalue weighted by molar-refractivity contribution is 7.90. The van der Waals surface area contributed by atoms with Crippen molar-refractivity contribution in [2.75, 3.05) is 11.6 Å². The van der Waals surface area contributed by atoms with Gasteiger partial charge in [-0.3, -0.25) is 10.1 Å². The van der Waals surface area contributed by atoms with Gasteiger partial charge in [-0.2, -0.15) is 5.10 Å². The number of sulfone groups is 1. The summed E-state index contributed by atoms with van der Waals surface area (Å²) in [5.74, 6) is -0.0487. The number of thiazole rings is 1. The molecule has 0 aliphatic rings. The molecule has 1 N–H and O–H groups in total. The van der Waals surface area contributed by atoms with E-state index in [4.69, 9.17) is 0 Å². The molecule has 0 saturated heterocycles. The molecule has 0 atom stereocenters. The van der Waals surface area contributed by atoms with Gasteiger partial charge in [-0.1, -0.05) is 11.3 Å². The molecule has 4 rings (SSSR count). The van der Waals surface area contributed by atoms with Crippen LogP contribution in [0.1, 0.15) is 10.5 Å². The zero-order valence-corrected chi connectivity index (χ0v) is 15.4. The minimum Gasteiger partial charge on any atom is -0.296 e. The van der Waals surface area contributed by atoms with Gasteiger partial charge < -0.3 is 0 Å². The average Bonchev–Trinajstić information content (AvgIpc) is 3.29. The van der Waals surface area contributed by atoms with E-state index in [2.05, 4.69) is 30.6 Å². The highest BCUT2D eigenvalue weighted by Crippen LogP contribution is 2.28. The van der Waals surface area contributed by atoms with E-state index in [9.17, 15) is 13.2 Å². The van der Waals surface area contributed by atoms with Crippen LogP contribution in [-0.4, -0.2) is 50.5 Å². The minimum atomic E-state index is -3.31. The Labute approximate surface area is 156 Å². The number of benzene rings is 1. The average molecular weight is 401 g/mol. The summed E-state index contributed by atoms with van der Waals surface area (Å²) in [4.78, 5) is 20.6. The fourth-order valence-electron chi connectivity index (χ4n) is 2.25. The number of aromatic nitrogens is 6. The van der Waals surface area contributed by atoms with E-state index in [0.29, 0.717) is 21.2 Å². The predicted molar refractivity (Wildman–Crippen MR) is 97.6 cm³/mol. The molecule has 0 aliphatic carbocycles. The van der Waals surface area contributed by atoms with Crippen LogP contribution >= 0.6 is 11.3 Å². The van der Waals surface area contributed by atoms with Crippen molar-refractivity contribution >= 4 is 42.4 Å². The van der Waals surface area contributed by atoms with Crippen LogP contribution in [-0.2, 0) is 9.84 Å². The van der Waals surface area contributed by atoms with Gasteiger partial charge in [0.2, 0.25) is 0 Å². The SMILES string of the molecule is CS(=O)(=O)c1ccc2nc(NC(=O)c3ccc(-n4cncn4)nn3)sc2c1. The molecule has 0 radical (unpaired) electrons. The lowest BCUT2D eigenvalue weighted by molar-refractivity contribution is 0.102. The molecule has 12 heteroatoms. The van der Waals surface area contributed by atoms with Gasteiger partial charge in [0.05, 0.1) is 15.1 Å². The maximum Gasteiger partial charge on any atom is 0.277 e. The summed E-state index contributed by atoms with van der Waals surface area (Å²) in [6.45, 7) is 0. The van der Waals surface area contributed by atoms with Gasteiger partial charge in [0, 0.05) is 6.26 Å². The third-order valence-electron chi connectivity index (χ3n) is 3.55. The Morgan fingerprint density at radius 2 is 2.04 bits per heavy atom. The molecular weight excluding hydrogens is 390 g/mol. The Bertz CT molecular complexity index is 1230. The maximum absolute atomic E-state index is 12.3. The molecule has 0 unspecified atom stereocenters. The molecule has 27 heavy (non-hydrogen) atoms. The third-order valence-corrected chi connectivity index (χ3v) is 5.59. The van der Waals surface area contributed by atoms with Crippen LogP contribution in [0, 0.1) is 0 Å². The van der Waals surface area contributed by atoms with Gasteiger partial charge in [0.25, 0.3) is 5.91 Å². The van der Waals surface area contributed by atoms with Crippen LogP contribution in [0.15, 0.2) is 47.9 Å². The molecule has 10 nitrogen and oxygen atoms in total. The molecule has 0 aliphatic heterocycles. The summed E-state index contributed by atoms with van der Waals surface area (Å²) in [7, 11) is -3.31. The summed E-state index contributed by atoms with van der Waals surface area (Å²) in [5, 5.41) is 14.7. The topological polar surface area (TPSA) is 133 Å². The van der Waals surface area contributed by atoms with Crippen LogP contribution < -0.4 is 5.32 Å². The molecule has 136 valence electrons. The summed E-state index contributed by atoms with van der Waals surface area (Å²) < 4.78 is 25.4. The van der Waals surface area contributed by atoms with Gasteiger partial charge in [0.15, 0.2) is 26.5 Å². The predicted octanol–water partition coefficient (Wildman–Crippen LogP) is 1.32. The fourth-order valence-corrected chi connectivity index (χ4v) is 3.87. The number of rotatable bonds is 4. The molecule has 1 amide bonds. The van der Waals surface area contributed by atoms with Crippen molar-refractivity contribution < 1.29 is 13.2 Å². The van der Waals surface area contributed by atoms with Crippen LogP contribution in [0.4, 0.5) is 5.13 Å². The van der Waals surface area contributed by atoms with Crippen molar-refractivity contribution in [2.45, 2.75) is 4.90 Å². The minimum absolute atomic E-state index is 0.106. The Hall–Kier alpha value is -3.25. The summed E-state index contributed by atoms with van der Waals surface area (Å²) in [5.41, 5.74) is 0.699. The van der Waals surface area contributed by atoms with Crippen molar-refractivity contribution in [1.82, 2.24) is 29.9 Å². The molecular formula is C15H11N7O3S2. The molecule has 1 aromatic carbocycles. The Balaban J connectivity index is 1.55. The highest BCUT2D eigenvalue weighted by atomic mass is 32.2. The number of nitrogens with one attached hydrogen (secondary N) is 1. The second kappa shape index (κ2) is 6.48. The van der Waals surface area contributed by atoms with Crippen molar-refractivity contribution in [3.63, 3.8) is 0 Å². The first-order valence-corrected chi connectivity index (χ1v) is 10.2. The molecule has 4 aromatic rings. The molecule has 0 saturated carbocycles. The summed E-state index contributed by atoms with van der Waals surface area (Å²) in [6.07, 6.45) is 3.97. The van der Waals surface area contributed by atoms with Crippen molar-refractivity contribution in [3.05, 3.63) is 48.7 Å². The number of nitrogens with zero attached hydrogens (tertiary/aromatic N) is 6. The lowest BCUT2D eigenvalue weighted by Gasteiger charge is -2.01. The van der Waals surface area contributed by atoms with E-state index in [1.807, 2.05) is 0 Å².